The lowest BCUT2D eigenvalue weighted by molar-refractivity contribution is 0.0473. The number of carbonyl (C=O) groups excluding carboxylic acids is 1. The Morgan fingerprint density at radius 1 is 0.840 bits per heavy atom. The van der Waals surface area contributed by atoms with Gasteiger partial charge in [0.05, 0.1) is 5.56 Å². The van der Waals surface area contributed by atoms with E-state index in [0.717, 1.165) is 16.7 Å². The third kappa shape index (κ3) is 3.80. The van der Waals surface area contributed by atoms with Crippen LogP contribution >= 0.6 is 0 Å². The highest BCUT2D eigenvalue weighted by atomic mass is 16.5. The molecule has 0 fully saturated rings. The number of rotatable bonds is 4. The summed E-state index contributed by atoms with van der Waals surface area (Å²) in [6, 6.07) is 21.7. The number of aryl methyl sites for hydroxylation is 3. The zero-order valence-corrected chi connectivity index (χ0v) is 14.9. The van der Waals surface area contributed by atoms with Gasteiger partial charge in [0.15, 0.2) is 0 Å². The topological polar surface area (TPSA) is 26.3 Å². The third-order valence-electron chi connectivity index (χ3n) is 4.31. The maximum absolute atomic E-state index is 12.7. The molecule has 0 saturated carbocycles. The molecule has 0 heterocycles. The summed E-state index contributed by atoms with van der Waals surface area (Å²) in [6.07, 6.45) is 0. The van der Waals surface area contributed by atoms with Crippen molar-refractivity contribution in [3.8, 4) is 11.1 Å². The second-order valence-corrected chi connectivity index (χ2v) is 6.38. The molecular weight excluding hydrogens is 308 g/mol. The number of ether oxygens (including phenoxy) is 1. The lowest BCUT2D eigenvalue weighted by Gasteiger charge is -2.15. The second kappa shape index (κ2) is 7.35. The van der Waals surface area contributed by atoms with Gasteiger partial charge < -0.3 is 4.74 Å². The van der Waals surface area contributed by atoms with E-state index in [1.165, 1.54) is 16.7 Å². The molecule has 0 aromatic heterocycles. The lowest BCUT2D eigenvalue weighted by Crippen LogP contribution is -2.07. The van der Waals surface area contributed by atoms with Gasteiger partial charge in [-0.3, -0.25) is 0 Å². The summed E-state index contributed by atoms with van der Waals surface area (Å²) in [6.45, 7) is 6.53. The van der Waals surface area contributed by atoms with Crippen LogP contribution in [0.15, 0.2) is 66.7 Å². The van der Waals surface area contributed by atoms with Crippen molar-refractivity contribution in [2.24, 2.45) is 0 Å². The van der Waals surface area contributed by atoms with Gasteiger partial charge in [-0.15, -0.1) is 0 Å². The van der Waals surface area contributed by atoms with E-state index in [-0.39, 0.29) is 12.6 Å². The number of hydrogen-bond donors (Lipinski definition) is 0. The largest absolute Gasteiger partial charge is 0.457 e. The number of benzene rings is 3. The minimum absolute atomic E-state index is 0.278. The minimum atomic E-state index is -0.293. The van der Waals surface area contributed by atoms with Crippen molar-refractivity contribution < 1.29 is 9.53 Å². The van der Waals surface area contributed by atoms with Crippen LogP contribution in [0.25, 0.3) is 11.1 Å². The van der Waals surface area contributed by atoms with Crippen molar-refractivity contribution in [3.63, 3.8) is 0 Å². The summed E-state index contributed by atoms with van der Waals surface area (Å²) in [4.78, 5) is 12.7. The fourth-order valence-corrected chi connectivity index (χ4v) is 3.28. The quantitative estimate of drug-likeness (QED) is 0.579. The Hall–Kier alpha value is -2.87. The summed E-state index contributed by atoms with van der Waals surface area (Å²) >= 11 is 0. The minimum Gasteiger partial charge on any atom is -0.457 e. The van der Waals surface area contributed by atoms with Crippen LogP contribution in [-0.2, 0) is 11.3 Å². The zero-order chi connectivity index (χ0) is 17.8. The monoisotopic (exact) mass is 330 g/mol. The molecule has 0 aliphatic heterocycles. The van der Waals surface area contributed by atoms with Crippen molar-refractivity contribution in [2.45, 2.75) is 27.4 Å². The number of carbonyl (C=O) groups is 1. The molecule has 2 nitrogen and oxygen atoms in total. The number of hydrogen-bond acceptors (Lipinski definition) is 2. The van der Waals surface area contributed by atoms with Gasteiger partial charge in [-0.05, 0) is 54.7 Å². The van der Waals surface area contributed by atoms with Gasteiger partial charge in [0.1, 0.15) is 6.61 Å². The van der Waals surface area contributed by atoms with Gasteiger partial charge in [0, 0.05) is 0 Å². The SMILES string of the molecule is Cc1cc(C)c(-c2ccccc2C(=O)OCc2ccccc2)c(C)c1. The van der Waals surface area contributed by atoms with Crippen LogP contribution in [0.1, 0.15) is 32.6 Å². The molecular formula is C23H22O2. The number of esters is 1. The molecule has 0 spiro atoms. The Balaban J connectivity index is 1.93. The van der Waals surface area contributed by atoms with Crippen molar-refractivity contribution in [2.75, 3.05) is 0 Å². The summed E-state index contributed by atoms with van der Waals surface area (Å²) in [5.41, 5.74) is 7.18. The Morgan fingerprint density at radius 2 is 1.44 bits per heavy atom. The first-order chi connectivity index (χ1) is 12.1. The molecule has 0 radical (unpaired) electrons. The Labute approximate surface area is 149 Å². The van der Waals surface area contributed by atoms with Crippen molar-refractivity contribution in [1.82, 2.24) is 0 Å². The summed E-state index contributed by atoms with van der Waals surface area (Å²) in [5.74, 6) is -0.293. The van der Waals surface area contributed by atoms with Crippen LogP contribution in [-0.4, -0.2) is 5.97 Å². The van der Waals surface area contributed by atoms with Crippen LogP contribution < -0.4 is 0 Å². The first-order valence-electron chi connectivity index (χ1n) is 8.44. The lowest BCUT2D eigenvalue weighted by atomic mass is 9.91. The van der Waals surface area contributed by atoms with E-state index in [0.29, 0.717) is 5.56 Å². The van der Waals surface area contributed by atoms with Gasteiger partial charge >= 0.3 is 5.97 Å². The first kappa shape index (κ1) is 17.0. The van der Waals surface area contributed by atoms with E-state index in [4.69, 9.17) is 4.74 Å². The second-order valence-electron chi connectivity index (χ2n) is 6.38. The van der Waals surface area contributed by atoms with E-state index in [9.17, 15) is 4.79 Å². The maximum Gasteiger partial charge on any atom is 0.339 e. The molecule has 0 unspecified atom stereocenters. The third-order valence-corrected chi connectivity index (χ3v) is 4.31. The van der Waals surface area contributed by atoms with Crippen molar-refractivity contribution in [3.05, 3.63) is 94.5 Å². The van der Waals surface area contributed by atoms with Crippen LogP contribution in [0.2, 0.25) is 0 Å². The van der Waals surface area contributed by atoms with Gasteiger partial charge in [-0.25, -0.2) is 4.79 Å². The highest BCUT2D eigenvalue weighted by Crippen LogP contribution is 2.31. The van der Waals surface area contributed by atoms with E-state index in [1.54, 1.807) is 0 Å². The van der Waals surface area contributed by atoms with Crippen molar-refractivity contribution >= 4 is 5.97 Å². The highest BCUT2D eigenvalue weighted by molar-refractivity contribution is 5.98. The first-order valence-corrected chi connectivity index (χ1v) is 8.44. The average molecular weight is 330 g/mol. The molecule has 3 aromatic rings. The van der Waals surface area contributed by atoms with E-state index >= 15 is 0 Å². The molecule has 0 aliphatic rings. The molecule has 0 bridgehead atoms. The van der Waals surface area contributed by atoms with Gasteiger partial charge in [0.2, 0.25) is 0 Å². The van der Waals surface area contributed by atoms with Crippen LogP contribution in [0.3, 0.4) is 0 Å². The predicted octanol–water partition coefficient (Wildman–Crippen LogP) is 5.64. The van der Waals surface area contributed by atoms with E-state index in [1.807, 2.05) is 54.6 Å². The summed E-state index contributed by atoms with van der Waals surface area (Å²) < 4.78 is 5.54. The molecule has 0 amide bonds. The predicted molar refractivity (Wildman–Crippen MR) is 102 cm³/mol. The standard InChI is InChI=1S/C23H22O2/c1-16-13-17(2)22(18(3)14-16)20-11-7-8-12-21(20)23(24)25-15-19-9-5-4-6-10-19/h4-14H,15H2,1-3H3. The van der Waals surface area contributed by atoms with Crippen LogP contribution in [0, 0.1) is 20.8 Å². The van der Waals surface area contributed by atoms with Crippen LogP contribution in [0.5, 0.6) is 0 Å². The Kier molecular flexibility index (Phi) is 4.99. The molecule has 2 heteroatoms. The Morgan fingerprint density at radius 3 is 2.12 bits per heavy atom. The van der Waals surface area contributed by atoms with Crippen LogP contribution in [0.4, 0.5) is 0 Å². The normalized spacial score (nSPS) is 10.5. The smallest absolute Gasteiger partial charge is 0.339 e. The fourth-order valence-electron chi connectivity index (χ4n) is 3.28. The fraction of sp³-hybridized carbons (Fsp3) is 0.174. The summed E-state index contributed by atoms with van der Waals surface area (Å²) in [7, 11) is 0. The molecule has 0 saturated heterocycles. The molecule has 0 atom stereocenters. The maximum atomic E-state index is 12.7. The summed E-state index contributed by atoms with van der Waals surface area (Å²) in [5, 5.41) is 0. The highest BCUT2D eigenvalue weighted by Gasteiger charge is 2.17. The van der Waals surface area contributed by atoms with Gasteiger partial charge in [-0.1, -0.05) is 66.2 Å². The van der Waals surface area contributed by atoms with Crippen molar-refractivity contribution in [1.29, 1.82) is 0 Å². The molecule has 3 aromatic carbocycles. The van der Waals surface area contributed by atoms with E-state index < -0.39 is 0 Å². The zero-order valence-electron chi connectivity index (χ0n) is 14.9. The molecule has 126 valence electrons. The molecule has 25 heavy (non-hydrogen) atoms. The average Bonchev–Trinajstić information content (AvgIpc) is 2.60. The van der Waals surface area contributed by atoms with E-state index in [2.05, 4.69) is 32.9 Å². The van der Waals surface area contributed by atoms with Gasteiger partial charge in [0.25, 0.3) is 0 Å². The molecule has 0 N–H and O–H groups in total. The molecule has 0 aliphatic carbocycles. The molecule has 3 rings (SSSR count). The van der Waals surface area contributed by atoms with Gasteiger partial charge in [-0.2, -0.15) is 0 Å². The Bertz CT molecular complexity index is 872.